The molecule has 28 heavy (non-hydrogen) atoms. The summed E-state index contributed by atoms with van der Waals surface area (Å²) in [7, 11) is 0. The molecule has 0 bridgehead atoms. The molecule has 0 spiro atoms. The van der Waals surface area contributed by atoms with E-state index in [2.05, 4.69) is 15.4 Å². The summed E-state index contributed by atoms with van der Waals surface area (Å²) in [6.45, 7) is 3.96. The number of benzene rings is 2. The molecular formula is C22H23N5O. The van der Waals surface area contributed by atoms with Crippen LogP contribution in [0.2, 0.25) is 0 Å². The van der Waals surface area contributed by atoms with Crippen LogP contribution < -0.4 is 10.3 Å². The molecular weight excluding hydrogens is 350 g/mol. The van der Waals surface area contributed by atoms with Crippen LogP contribution in [0.5, 0.6) is 0 Å². The molecule has 2 heterocycles. The number of hydrogen-bond acceptors (Lipinski definition) is 4. The first kappa shape index (κ1) is 18.0. The van der Waals surface area contributed by atoms with Gasteiger partial charge in [-0.1, -0.05) is 36.4 Å². The molecule has 1 fully saturated rings. The first-order valence-electron chi connectivity index (χ1n) is 9.52. The van der Waals surface area contributed by atoms with Crippen molar-refractivity contribution in [2.75, 3.05) is 18.0 Å². The molecule has 0 atom stereocenters. The lowest BCUT2D eigenvalue weighted by Crippen LogP contribution is -2.23. The standard InChI is InChI=1S/C22H23N5O/c1-17-20(16-23-24-21(28)18-10-4-2-5-11-18)22(26-14-8-9-15-26)27(25-17)19-12-6-3-7-13-19/h2-7,10-13,16H,8-9,14-15H2,1H3,(H,24,28). The molecule has 4 rings (SSSR count). The molecule has 1 aromatic heterocycles. The molecule has 0 unspecified atom stereocenters. The summed E-state index contributed by atoms with van der Waals surface area (Å²) in [6.07, 6.45) is 4.04. The van der Waals surface area contributed by atoms with Gasteiger partial charge in [-0.25, -0.2) is 10.1 Å². The minimum absolute atomic E-state index is 0.229. The van der Waals surface area contributed by atoms with Crippen molar-refractivity contribution in [2.24, 2.45) is 5.10 Å². The Morgan fingerprint density at radius 3 is 2.36 bits per heavy atom. The summed E-state index contributed by atoms with van der Waals surface area (Å²) < 4.78 is 1.97. The van der Waals surface area contributed by atoms with Gasteiger partial charge < -0.3 is 4.90 Å². The van der Waals surface area contributed by atoms with Crippen LogP contribution in [0.25, 0.3) is 5.69 Å². The molecule has 1 aliphatic heterocycles. The van der Waals surface area contributed by atoms with Crippen LogP contribution in [0, 0.1) is 6.92 Å². The van der Waals surface area contributed by atoms with Gasteiger partial charge in [0, 0.05) is 18.7 Å². The number of carbonyl (C=O) groups excluding carboxylic acids is 1. The van der Waals surface area contributed by atoms with Crippen LogP contribution in [0.1, 0.15) is 34.5 Å². The predicted molar refractivity (Wildman–Crippen MR) is 111 cm³/mol. The van der Waals surface area contributed by atoms with Crippen molar-refractivity contribution in [3.8, 4) is 5.69 Å². The van der Waals surface area contributed by atoms with Gasteiger partial charge in [0.2, 0.25) is 0 Å². The van der Waals surface area contributed by atoms with Crippen LogP contribution in [-0.2, 0) is 0 Å². The van der Waals surface area contributed by atoms with E-state index in [1.54, 1.807) is 18.3 Å². The Bertz CT molecular complexity index is 973. The summed E-state index contributed by atoms with van der Waals surface area (Å²) in [5, 5.41) is 8.97. The average Bonchev–Trinajstić information content (AvgIpc) is 3.37. The van der Waals surface area contributed by atoms with Crippen LogP contribution in [0.4, 0.5) is 5.82 Å². The zero-order valence-electron chi connectivity index (χ0n) is 15.9. The van der Waals surface area contributed by atoms with Gasteiger partial charge in [0.25, 0.3) is 5.91 Å². The second-order valence-corrected chi connectivity index (χ2v) is 6.83. The predicted octanol–water partition coefficient (Wildman–Crippen LogP) is 3.54. The molecule has 1 saturated heterocycles. The largest absolute Gasteiger partial charge is 0.356 e. The van der Waals surface area contributed by atoms with Gasteiger partial charge in [0.15, 0.2) is 0 Å². The molecule has 6 heteroatoms. The average molecular weight is 373 g/mol. The van der Waals surface area contributed by atoms with Crippen LogP contribution in [-0.4, -0.2) is 35.0 Å². The van der Waals surface area contributed by atoms with Gasteiger partial charge in [-0.2, -0.15) is 10.2 Å². The van der Waals surface area contributed by atoms with Crippen LogP contribution >= 0.6 is 0 Å². The van der Waals surface area contributed by atoms with E-state index in [-0.39, 0.29) is 5.91 Å². The number of rotatable bonds is 5. The number of aromatic nitrogens is 2. The number of hydrogen-bond donors (Lipinski definition) is 1. The Kier molecular flexibility index (Phi) is 5.19. The highest BCUT2D eigenvalue weighted by molar-refractivity contribution is 5.95. The highest BCUT2D eigenvalue weighted by Crippen LogP contribution is 2.28. The highest BCUT2D eigenvalue weighted by Gasteiger charge is 2.23. The van der Waals surface area contributed by atoms with E-state index < -0.39 is 0 Å². The first-order chi connectivity index (χ1) is 13.7. The molecule has 0 radical (unpaired) electrons. The summed E-state index contributed by atoms with van der Waals surface area (Å²) in [6, 6.07) is 19.2. The van der Waals surface area contributed by atoms with Gasteiger partial charge in [0.1, 0.15) is 5.82 Å². The Morgan fingerprint density at radius 2 is 1.68 bits per heavy atom. The van der Waals surface area contributed by atoms with Gasteiger partial charge >= 0.3 is 0 Å². The van der Waals surface area contributed by atoms with E-state index in [4.69, 9.17) is 5.10 Å². The lowest BCUT2D eigenvalue weighted by molar-refractivity contribution is 0.0955. The molecule has 142 valence electrons. The molecule has 0 saturated carbocycles. The zero-order valence-corrected chi connectivity index (χ0v) is 15.9. The van der Waals surface area contributed by atoms with E-state index in [1.165, 1.54) is 12.8 Å². The molecule has 1 N–H and O–H groups in total. The summed E-state index contributed by atoms with van der Waals surface area (Å²) in [5.41, 5.74) is 6.02. The molecule has 3 aromatic rings. The molecule has 0 aliphatic carbocycles. The van der Waals surface area contributed by atoms with Crippen molar-refractivity contribution in [1.29, 1.82) is 0 Å². The summed E-state index contributed by atoms with van der Waals surface area (Å²) >= 11 is 0. The number of aryl methyl sites for hydroxylation is 1. The lowest BCUT2D eigenvalue weighted by Gasteiger charge is -2.20. The summed E-state index contributed by atoms with van der Waals surface area (Å²) in [5.74, 6) is 0.798. The van der Waals surface area contributed by atoms with Gasteiger partial charge in [-0.05, 0) is 44.0 Å². The molecule has 1 aliphatic rings. The third kappa shape index (κ3) is 3.67. The number of anilines is 1. The highest BCUT2D eigenvalue weighted by atomic mass is 16.2. The van der Waals surface area contributed by atoms with Crippen molar-refractivity contribution in [3.05, 3.63) is 77.5 Å². The Hall–Kier alpha value is -3.41. The number of para-hydroxylation sites is 1. The number of nitrogens with zero attached hydrogens (tertiary/aromatic N) is 4. The SMILES string of the molecule is Cc1nn(-c2ccccc2)c(N2CCCC2)c1C=NNC(=O)c1ccccc1. The van der Waals surface area contributed by atoms with Crippen LogP contribution in [0.15, 0.2) is 65.8 Å². The fraction of sp³-hybridized carbons (Fsp3) is 0.227. The van der Waals surface area contributed by atoms with Gasteiger partial charge in [-0.15, -0.1) is 0 Å². The normalized spacial score (nSPS) is 14.0. The maximum Gasteiger partial charge on any atom is 0.271 e. The maximum atomic E-state index is 12.2. The minimum Gasteiger partial charge on any atom is -0.356 e. The zero-order chi connectivity index (χ0) is 19.3. The molecule has 6 nitrogen and oxygen atoms in total. The Morgan fingerprint density at radius 1 is 1.04 bits per heavy atom. The number of nitrogens with one attached hydrogen (secondary N) is 1. The fourth-order valence-corrected chi connectivity index (χ4v) is 3.47. The van der Waals surface area contributed by atoms with E-state index in [0.717, 1.165) is 35.9 Å². The maximum absolute atomic E-state index is 12.2. The summed E-state index contributed by atoms with van der Waals surface area (Å²) in [4.78, 5) is 14.6. The Labute approximate surface area is 164 Å². The van der Waals surface area contributed by atoms with Crippen molar-refractivity contribution < 1.29 is 4.79 Å². The van der Waals surface area contributed by atoms with Gasteiger partial charge in [0.05, 0.1) is 23.2 Å². The van der Waals surface area contributed by atoms with E-state index >= 15 is 0 Å². The monoisotopic (exact) mass is 373 g/mol. The molecule has 1 amide bonds. The number of hydrazone groups is 1. The third-order valence-corrected chi connectivity index (χ3v) is 4.88. The third-order valence-electron chi connectivity index (χ3n) is 4.88. The van der Waals surface area contributed by atoms with Crippen molar-refractivity contribution in [2.45, 2.75) is 19.8 Å². The number of amides is 1. The van der Waals surface area contributed by atoms with E-state index in [0.29, 0.717) is 5.56 Å². The minimum atomic E-state index is -0.229. The van der Waals surface area contributed by atoms with E-state index in [9.17, 15) is 4.79 Å². The van der Waals surface area contributed by atoms with Crippen molar-refractivity contribution >= 4 is 17.9 Å². The fourth-order valence-electron chi connectivity index (χ4n) is 3.47. The van der Waals surface area contributed by atoms with Crippen molar-refractivity contribution in [1.82, 2.24) is 15.2 Å². The first-order valence-corrected chi connectivity index (χ1v) is 9.52. The number of carbonyl (C=O) groups is 1. The van der Waals surface area contributed by atoms with Crippen LogP contribution in [0.3, 0.4) is 0 Å². The van der Waals surface area contributed by atoms with Crippen molar-refractivity contribution in [3.63, 3.8) is 0 Å². The van der Waals surface area contributed by atoms with Gasteiger partial charge in [-0.3, -0.25) is 4.79 Å². The molecule has 2 aromatic carbocycles. The second-order valence-electron chi connectivity index (χ2n) is 6.83. The second kappa shape index (κ2) is 8.08. The topological polar surface area (TPSA) is 62.5 Å². The van der Waals surface area contributed by atoms with E-state index in [1.807, 2.05) is 60.1 Å². The Balaban J connectivity index is 1.64. The smallest absolute Gasteiger partial charge is 0.271 e. The lowest BCUT2D eigenvalue weighted by atomic mass is 10.2. The quantitative estimate of drug-likeness (QED) is 0.550.